The van der Waals surface area contributed by atoms with Crippen molar-refractivity contribution < 1.29 is 9.59 Å². The van der Waals surface area contributed by atoms with E-state index in [9.17, 15) is 9.59 Å². The quantitative estimate of drug-likeness (QED) is 0.631. The maximum Gasteiger partial charge on any atom is 0.160 e. The van der Waals surface area contributed by atoms with Crippen molar-refractivity contribution in [1.29, 1.82) is 0 Å². The molecule has 0 aliphatic heterocycles. The van der Waals surface area contributed by atoms with Gasteiger partial charge in [-0.15, -0.1) is 11.3 Å². The predicted molar refractivity (Wildman–Crippen MR) is 85.7 cm³/mol. The normalized spacial score (nSPS) is 14.3. The number of unbranched alkanes of at least 4 members (excludes halogenated alkanes) is 1. The lowest BCUT2D eigenvalue weighted by atomic mass is 9.72. The molecule has 1 unspecified atom stereocenters. The summed E-state index contributed by atoms with van der Waals surface area (Å²) in [4.78, 5) is 25.1. The summed E-state index contributed by atoms with van der Waals surface area (Å²) in [5, 5.41) is 1.96. The topological polar surface area (TPSA) is 34.1 Å². The van der Waals surface area contributed by atoms with Crippen LogP contribution in [0.5, 0.6) is 0 Å². The van der Waals surface area contributed by atoms with E-state index in [0.717, 1.165) is 23.3 Å². The molecule has 1 rings (SSSR count). The van der Waals surface area contributed by atoms with Crippen LogP contribution in [0.2, 0.25) is 0 Å². The Bertz CT molecular complexity index is 473. The highest BCUT2D eigenvalue weighted by Crippen LogP contribution is 2.41. The van der Waals surface area contributed by atoms with Gasteiger partial charge in [0.1, 0.15) is 5.78 Å². The van der Waals surface area contributed by atoms with E-state index in [1.807, 2.05) is 11.4 Å². The molecule has 0 aliphatic carbocycles. The van der Waals surface area contributed by atoms with E-state index in [1.54, 1.807) is 18.3 Å². The van der Waals surface area contributed by atoms with Crippen LogP contribution in [0.1, 0.15) is 75.5 Å². The molecular formula is C17H26O2S. The first-order valence-electron chi connectivity index (χ1n) is 7.43. The highest BCUT2D eigenvalue weighted by Gasteiger charge is 2.36. The molecule has 20 heavy (non-hydrogen) atoms. The van der Waals surface area contributed by atoms with Crippen LogP contribution < -0.4 is 0 Å². The Hall–Kier alpha value is -0.960. The van der Waals surface area contributed by atoms with Crippen molar-refractivity contribution in [2.24, 2.45) is 5.92 Å². The molecule has 1 aromatic heterocycles. The predicted octanol–water partition coefficient (Wildman–Crippen LogP) is 5.01. The second-order valence-corrected chi connectivity index (χ2v) is 7.03. The molecule has 2 nitrogen and oxygen atoms in total. The van der Waals surface area contributed by atoms with Crippen LogP contribution >= 0.6 is 11.3 Å². The Morgan fingerprint density at radius 3 is 2.50 bits per heavy atom. The van der Waals surface area contributed by atoms with E-state index in [4.69, 9.17) is 0 Å². The van der Waals surface area contributed by atoms with Crippen molar-refractivity contribution in [3.8, 4) is 0 Å². The van der Waals surface area contributed by atoms with E-state index in [0.29, 0.717) is 24.5 Å². The number of Topliss-reactive ketones (excluding diaryl/α,β-unsaturated/α-hetero) is 2. The van der Waals surface area contributed by atoms with Gasteiger partial charge in [0.25, 0.3) is 0 Å². The first-order valence-corrected chi connectivity index (χ1v) is 8.31. The van der Waals surface area contributed by atoms with Crippen molar-refractivity contribution in [3.63, 3.8) is 0 Å². The van der Waals surface area contributed by atoms with E-state index < -0.39 is 0 Å². The van der Waals surface area contributed by atoms with Crippen molar-refractivity contribution in [1.82, 2.24) is 0 Å². The lowest BCUT2D eigenvalue weighted by molar-refractivity contribution is -0.120. The fourth-order valence-corrected chi connectivity index (χ4v) is 3.70. The summed E-state index contributed by atoms with van der Waals surface area (Å²) in [5.41, 5.74) is 0.550. The van der Waals surface area contributed by atoms with Crippen molar-refractivity contribution >= 4 is 22.9 Å². The first-order chi connectivity index (χ1) is 9.32. The summed E-state index contributed by atoms with van der Waals surface area (Å²) in [5.74, 6) is 0.727. The number of hydrogen-bond donors (Lipinski definition) is 0. The largest absolute Gasteiger partial charge is 0.300 e. The maximum absolute atomic E-state index is 12.2. The molecule has 112 valence electrons. The minimum absolute atomic E-state index is 0.0918. The van der Waals surface area contributed by atoms with Gasteiger partial charge in [-0.05, 0) is 30.7 Å². The summed E-state index contributed by atoms with van der Waals surface area (Å²) in [6.07, 6.45) is 3.18. The van der Waals surface area contributed by atoms with Gasteiger partial charge in [0, 0.05) is 28.7 Å². The van der Waals surface area contributed by atoms with Crippen LogP contribution in [0.15, 0.2) is 11.4 Å². The van der Waals surface area contributed by atoms with Gasteiger partial charge in [-0.25, -0.2) is 0 Å². The Kier molecular flexibility index (Phi) is 6.12. The molecular weight excluding hydrogens is 268 g/mol. The summed E-state index contributed by atoms with van der Waals surface area (Å²) in [6.45, 7) is 10.1. The number of carbonyl (C=O) groups excluding carboxylic acids is 2. The molecule has 1 heterocycles. The van der Waals surface area contributed by atoms with Crippen LogP contribution in [0, 0.1) is 5.92 Å². The van der Waals surface area contributed by atoms with Gasteiger partial charge in [-0.2, -0.15) is 0 Å². The van der Waals surface area contributed by atoms with Crippen LogP contribution in [-0.2, 0) is 10.2 Å². The fraction of sp³-hybridized carbons (Fsp3) is 0.647. The fourth-order valence-electron chi connectivity index (χ4n) is 2.45. The minimum atomic E-state index is -0.236. The first kappa shape index (κ1) is 17.1. The Morgan fingerprint density at radius 1 is 1.35 bits per heavy atom. The summed E-state index contributed by atoms with van der Waals surface area (Å²) in [6, 6.07) is 1.89. The van der Waals surface area contributed by atoms with Gasteiger partial charge in [0.2, 0.25) is 0 Å². The second-order valence-electron chi connectivity index (χ2n) is 6.11. The number of thiophene rings is 1. The zero-order chi connectivity index (χ0) is 15.3. The van der Waals surface area contributed by atoms with E-state index in [1.165, 1.54) is 0 Å². The second kappa shape index (κ2) is 7.16. The molecule has 0 aliphatic rings. The van der Waals surface area contributed by atoms with Crippen LogP contribution in [-0.4, -0.2) is 11.6 Å². The lowest BCUT2D eigenvalue weighted by Crippen LogP contribution is -2.32. The van der Waals surface area contributed by atoms with Crippen molar-refractivity contribution in [2.75, 3.05) is 0 Å². The average molecular weight is 294 g/mol. The van der Waals surface area contributed by atoms with Gasteiger partial charge < -0.3 is 0 Å². The molecule has 3 heteroatoms. The average Bonchev–Trinajstić information content (AvgIpc) is 2.85. The Morgan fingerprint density at radius 2 is 2.00 bits per heavy atom. The van der Waals surface area contributed by atoms with Gasteiger partial charge in [0.15, 0.2) is 5.78 Å². The Balaban J connectivity index is 3.05. The van der Waals surface area contributed by atoms with Crippen LogP contribution in [0.3, 0.4) is 0 Å². The zero-order valence-electron chi connectivity index (χ0n) is 13.3. The number of ketones is 2. The monoisotopic (exact) mass is 294 g/mol. The molecule has 0 aromatic carbocycles. The van der Waals surface area contributed by atoms with Crippen molar-refractivity contribution in [2.45, 2.75) is 65.7 Å². The smallest absolute Gasteiger partial charge is 0.160 e. The van der Waals surface area contributed by atoms with Gasteiger partial charge in [-0.3, -0.25) is 9.59 Å². The van der Waals surface area contributed by atoms with E-state index in [2.05, 4.69) is 27.7 Å². The number of rotatable bonds is 8. The summed E-state index contributed by atoms with van der Waals surface area (Å²) < 4.78 is 0. The highest BCUT2D eigenvalue weighted by molar-refractivity contribution is 7.10. The highest BCUT2D eigenvalue weighted by atomic mass is 32.1. The maximum atomic E-state index is 12.2. The lowest BCUT2D eigenvalue weighted by Gasteiger charge is -2.33. The molecule has 1 aromatic rings. The third-order valence-electron chi connectivity index (χ3n) is 4.21. The third-order valence-corrected chi connectivity index (χ3v) is 5.41. The van der Waals surface area contributed by atoms with Crippen LogP contribution in [0.4, 0.5) is 0 Å². The van der Waals surface area contributed by atoms with Crippen LogP contribution in [0.25, 0.3) is 0 Å². The number of carbonyl (C=O) groups is 2. The summed E-state index contributed by atoms with van der Waals surface area (Å²) in [7, 11) is 0. The van der Waals surface area contributed by atoms with Gasteiger partial charge in [0.05, 0.1) is 0 Å². The molecule has 0 radical (unpaired) electrons. The van der Waals surface area contributed by atoms with Gasteiger partial charge in [-0.1, -0.05) is 34.1 Å². The standard InChI is InChI=1S/C17H26O2S/c1-6-7-8-14(19)11-17(5,12(2)3)16-15(13(4)18)9-10-20-16/h9-10,12H,6-8,11H2,1-5H3. The van der Waals surface area contributed by atoms with Crippen molar-refractivity contribution in [3.05, 3.63) is 21.9 Å². The minimum Gasteiger partial charge on any atom is -0.300 e. The molecule has 0 saturated carbocycles. The molecule has 0 spiro atoms. The Labute approximate surface area is 126 Å². The third kappa shape index (κ3) is 3.78. The molecule has 0 N–H and O–H groups in total. The number of hydrogen-bond acceptors (Lipinski definition) is 3. The molecule has 0 saturated heterocycles. The zero-order valence-corrected chi connectivity index (χ0v) is 14.1. The molecule has 0 fully saturated rings. The molecule has 0 amide bonds. The van der Waals surface area contributed by atoms with E-state index >= 15 is 0 Å². The molecule has 1 atom stereocenters. The van der Waals surface area contributed by atoms with E-state index in [-0.39, 0.29) is 11.2 Å². The summed E-state index contributed by atoms with van der Waals surface area (Å²) >= 11 is 1.61. The molecule has 0 bridgehead atoms. The van der Waals surface area contributed by atoms with Gasteiger partial charge >= 0.3 is 0 Å². The SMILES string of the molecule is CCCCC(=O)CC(C)(c1sccc1C(C)=O)C(C)C.